The fraction of sp³-hybridized carbons (Fsp3) is 0.636. The van der Waals surface area contributed by atoms with Gasteiger partial charge in [0.1, 0.15) is 0 Å². The smallest absolute Gasteiger partial charge is 0.295 e. The molecule has 5 heteroatoms. The third kappa shape index (κ3) is 7.14. The lowest BCUT2D eigenvalue weighted by molar-refractivity contribution is -0.133. The van der Waals surface area contributed by atoms with Gasteiger partial charge in [0.2, 0.25) is 6.35 Å². The van der Waals surface area contributed by atoms with E-state index in [2.05, 4.69) is 18.6 Å². The lowest BCUT2D eigenvalue weighted by atomic mass is 9.77. The minimum absolute atomic E-state index is 0.199. The summed E-state index contributed by atoms with van der Waals surface area (Å²) in [5, 5.41) is 0. The predicted molar refractivity (Wildman–Crippen MR) is 61.1 cm³/mol. The first-order valence-electron chi connectivity index (χ1n) is 5.07. The van der Waals surface area contributed by atoms with Crippen LogP contribution >= 0.6 is 0 Å². The molecule has 1 aliphatic rings. The normalized spacial score (nSPS) is 18.4. The van der Waals surface area contributed by atoms with Crippen LogP contribution in [0.15, 0.2) is 11.6 Å². The van der Waals surface area contributed by atoms with E-state index in [0.717, 1.165) is 6.42 Å². The number of rotatable bonds is 2. The van der Waals surface area contributed by atoms with Gasteiger partial charge in [-0.05, 0) is 24.8 Å². The number of hydrogen-bond donors (Lipinski definition) is 2. The second-order valence-corrected chi connectivity index (χ2v) is 4.67. The van der Waals surface area contributed by atoms with Crippen molar-refractivity contribution < 1.29 is 14.3 Å². The number of carbonyl (C=O) groups excluding carboxylic acids is 2. The summed E-state index contributed by atoms with van der Waals surface area (Å²) in [7, 11) is 0. The summed E-state index contributed by atoms with van der Waals surface area (Å²) >= 11 is 0. The molecule has 1 rings (SSSR count). The first kappa shape index (κ1) is 14.8. The van der Waals surface area contributed by atoms with E-state index in [-0.39, 0.29) is 17.7 Å². The average Bonchev–Trinajstić information content (AvgIpc) is 1.98. The molecule has 0 aliphatic heterocycles. The molecular weight excluding hydrogens is 208 g/mol. The van der Waals surface area contributed by atoms with Gasteiger partial charge in [-0.15, -0.1) is 0 Å². The van der Waals surface area contributed by atoms with Gasteiger partial charge in [-0.1, -0.05) is 19.4 Å². The highest BCUT2D eigenvalue weighted by Gasteiger charge is 2.25. The highest BCUT2D eigenvalue weighted by molar-refractivity contribution is 5.91. The number of ketones is 1. The lowest BCUT2D eigenvalue weighted by Gasteiger charge is -2.27. The van der Waals surface area contributed by atoms with Crippen molar-refractivity contribution in [1.29, 1.82) is 0 Å². The molecule has 0 aromatic carbocycles. The second-order valence-electron chi connectivity index (χ2n) is 4.67. The monoisotopic (exact) mass is 228 g/mol. The molecule has 0 radical (unpaired) electrons. The fourth-order valence-electron chi connectivity index (χ4n) is 1.73. The highest BCUT2D eigenvalue weighted by atomic mass is 16.5. The summed E-state index contributed by atoms with van der Waals surface area (Å²) in [6.45, 7) is 6.51. The molecule has 0 aromatic heterocycles. The Hall–Kier alpha value is -1.20. The van der Waals surface area contributed by atoms with Crippen molar-refractivity contribution in [2.45, 2.75) is 40.0 Å². The summed E-state index contributed by atoms with van der Waals surface area (Å²) in [4.78, 5) is 20.2. The predicted octanol–water partition coefficient (Wildman–Crippen LogP) is 0.682. The molecule has 1 aliphatic carbocycles. The molecule has 4 N–H and O–H groups in total. The molecule has 0 amide bonds. The quantitative estimate of drug-likeness (QED) is 0.535. The zero-order chi connectivity index (χ0) is 12.8. The zero-order valence-electron chi connectivity index (χ0n) is 10.0. The Morgan fingerprint density at radius 3 is 2.25 bits per heavy atom. The van der Waals surface area contributed by atoms with Crippen LogP contribution in [0, 0.1) is 5.41 Å². The maximum atomic E-state index is 11.0. The summed E-state index contributed by atoms with van der Waals surface area (Å²) in [6.07, 6.45) is 2.58. The van der Waals surface area contributed by atoms with Gasteiger partial charge in [-0.3, -0.25) is 21.1 Å². The van der Waals surface area contributed by atoms with Crippen LogP contribution in [0.25, 0.3) is 0 Å². The number of allylic oxidation sites excluding steroid dienone is 2. The van der Waals surface area contributed by atoms with Crippen LogP contribution in [0.1, 0.15) is 33.6 Å². The maximum absolute atomic E-state index is 11.0. The van der Waals surface area contributed by atoms with Gasteiger partial charge >= 0.3 is 0 Å². The Morgan fingerprint density at radius 2 is 2.00 bits per heavy atom. The lowest BCUT2D eigenvalue weighted by Crippen LogP contribution is -2.32. The van der Waals surface area contributed by atoms with Gasteiger partial charge < -0.3 is 4.74 Å². The van der Waals surface area contributed by atoms with Crippen LogP contribution in [-0.4, -0.2) is 18.6 Å². The molecule has 0 spiro atoms. The van der Waals surface area contributed by atoms with Gasteiger partial charge in [0.15, 0.2) is 5.78 Å². The third-order valence-corrected chi connectivity index (χ3v) is 2.03. The van der Waals surface area contributed by atoms with Gasteiger partial charge in [-0.25, -0.2) is 0 Å². The van der Waals surface area contributed by atoms with E-state index in [9.17, 15) is 9.59 Å². The van der Waals surface area contributed by atoms with Crippen molar-refractivity contribution in [3.05, 3.63) is 11.6 Å². The van der Waals surface area contributed by atoms with E-state index < -0.39 is 6.35 Å². The number of nitrogens with two attached hydrogens (primary N) is 2. The molecule has 0 atom stereocenters. The summed E-state index contributed by atoms with van der Waals surface area (Å²) in [6, 6.07) is 0. The Kier molecular flexibility index (Phi) is 5.92. The van der Waals surface area contributed by atoms with Crippen LogP contribution in [0.4, 0.5) is 0 Å². The summed E-state index contributed by atoms with van der Waals surface area (Å²) < 4.78 is 3.92. The summed E-state index contributed by atoms with van der Waals surface area (Å²) in [5.41, 5.74) is 10.9. The van der Waals surface area contributed by atoms with Crippen molar-refractivity contribution >= 4 is 12.3 Å². The molecule has 0 fully saturated rings. The number of ether oxygens (including phenoxy) is 1. The van der Waals surface area contributed by atoms with E-state index in [1.54, 1.807) is 6.08 Å². The van der Waals surface area contributed by atoms with E-state index in [0.29, 0.717) is 6.42 Å². The third-order valence-electron chi connectivity index (χ3n) is 2.03. The largest absolute Gasteiger partial charge is 0.436 e. The van der Waals surface area contributed by atoms with E-state index in [1.807, 2.05) is 6.92 Å². The molecule has 0 saturated heterocycles. The second kappa shape index (κ2) is 6.40. The minimum atomic E-state index is -0.970. The molecule has 5 nitrogen and oxygen atoms in total. The Bertz CT molecular complexity index is 283. The van der Waals surface area contributed by atoms with Gasteiger partial charge in [-0.2, -0.15) is 0 Å². The Morgan fingerprint density at radius 1 is 1.44 bits per heavy atom. The SMILES string of the molecule is CC1=CC(=O)CC(C)(C)C1.NC(N)OC=O. The topological polar surface area (TPSA) is 95.4 Å². The average molecular weight is 228 g/mol. The van der Waals surface area contributed by atoms with Crippen LogP contribution in [0.5, 0.6) is 0 Å². The fourth-order valence-corrected chi connectivity index (χ4v) is 1.73. The summed E-state index contributed by atoms with van der Waals surface area (Å²) in [5.74, 6) is 0.286. The number of hydrogen-bond acceptors (Lipinski definition) is 5. The Labute approximate surface area is 95.8 Å². The van der Waals surface area contributed by atoms with Crippen molar-refractivity contribution in [2.24, 2.45) is 16.9 Å². The molecule has 0 bridgehead atoms. The molecule has 16 heavy (non-hydrogen) atoms. The highest BCUT2D eigenvalue weighted by Crippen LogP contribution is 2.32. The zero-order valence-corrected chi connectivity index (χ0v) is 10.0. The van der Waals surface area contributed by atoms with Crippen molar-refractivity contribution in [2.75, 3.05) is 0 Å². The van der Waals surface area contributed by atoms with Gasteiger partial charge in [0.25, 0.3) is 6.47 Å². The van der Waals surface area contributed by atoms with Crippen LogP contribution in [-0.2, 0) is 14.3 Å². The van der Waals surface area contributed by atoms with Crippen LogP contribution in [0.3, 0.4) is 0 Å². The van der Waals surface area contributed by atoms with Crippen LogP contribution < -0.4 is 11.5 Å². The minimum Gasteiger partial charge on any atom is -0.436 e. The molecular formula is C11H20N2O3. The molecule has 0 saturated carbocycles. The first-order valence-corrected chi connectivity index (χ1v) is 5.07. The molecule has 0 aromatic rings. The van der Waals surface area contributed by atoms with E-state index in [1.165, 1.54) is 5.57 Å². The van der Waals surface area contributed by atoms with Crippen molar-refractivity contribution in [1.82, 2.24) is 0 Å². The van der Waals surface area contributed by atoms with Crippen LogP contribution in [0.2, 0.25) is 0 Å². The van der Waals surface area contributed by atoms with Gasteiger partial charge in [0.05, 0.1) is 0 Å². The molecule has 92 valence electrons. The van der Waals surface area contributed by atoms with E-state index in [4.69, 9.17) is 11.5 Å². The van der Waals surface area contributed by atoms with Crippen molar-refractivity contribution in [3.63, 3.8) is 0 Å². The Balaban J connectivity index is 0.000000325. The number of carbonyl (C=O) groups is 2. The van der Waals surface area contributed by atoms with Gasteiger partial charge in [0, 0.05) is 6.42 Å². The molecule has 0 heterocycles. The maximum Gasteiger partial charge on any atom is 0.295 e. The molecule has 0 unspecified atom stereocenters. The van der Waals surface area contributed by atoms with Crippen molar-refractivity contribution in [3.8, 4) is 0 Å². The van der Waals surface area contributed by atoms with E-state index >= 15 is 0 Å². The first-order chi connectivity index (χ1) is 7.26. The standard InChI is InChI=1S/C9H14O.C2H6N2O2/c1-7-4-8(10)6-9(2,3)5-7;3-2(4)6-1-5/h4H,5-6H2,1-3H3;1-2H,3-4H2.